The van der Waals surface area contributed by atoms with Crippen LogP contribution in [0.25, 0.3) is 0 Å². The van der Waals surface area contributed by atoms with Crippen LogP contribution in [0.2, 0.25) is 0 Å². The van der Waals surface area contributed by atoms with Gasteiger partial charge in [-0.2, -0.15) is 0 Å². The monoisotopic (exact) mass is 406 g/mol. The van der Waals surface area contributed by atoms with Gasteiger partial charge in [-0.1, -0.05) is 60.7 Å². The van der Waals surface area contributed by atoms with E-state index in [1.54, 1.807) is 11.9 Å². The summed E-state index contributed by atoms with van der Waals surface area (Å²) in [5.74, 6) is 0.256. The van der Waals surface area contributed by atoms with Crippen LogP contribution in [-0.2, 0) is 9.59 Å². The van der Waals surface area contributed by atoms with Crippen molar-refractivity contribution >= 4 is 11.8 Å². The number of hydrogen-bond donors (Lipinski definition) is 1. The van der Waals surface area contributed by atoms with Gasteiger partial charge in [0.25, 0.3) is 0 Å². The fourth-order valence-corrected chi connectivity index (χ4v) is 5.11. The molecule has 0 radical (unpaired) electrons. The fraction of sp³-hybridized carbons (Fsp3) is 0.440. The van der Waals surface area contributed by atoms with Gasteiger partial charge in [-0.3, -0.25) is 9.59 Å². The first kappa shape index (κ1) is 20.6. The summed E-state index contributed by atoms with van der Waals surface area (Å²) in [6, 6.07) is 20.3. The molecule has 1 atom stereocenters. The van der Waals surface area contributed by atoms with Crippen LogP contribution in [-0.4, -0.2) is 59.5 Å². The van der Waals surface area contributed by atoms with Crippen LogP contribution in [0.5, 0.6) is 0 Å². The zero-order valence-electron chi connectivity index (χ0n) is 17.5. The quantitative estimate of drug-likeness (QED) is 0.849. The molecule has 0 bridgehead atoms. The van der Waals surface area contributed by atoms with E-state index in [-0.39, 0.29) is 17.7 Å². The molecule has 0 saturated carbocycles. The summed E-state index contributed by atoms with van der Waals surface area (Å²) < 4.78 is 0. The van der Waals surface area contributed by atoms with Gasteiger partial charge in [0.1, 0.15) is 0 Å². The molecule has 158 valence electrons. The Morgan fingerprint density at radius 3 is 2.10 bits per heavy atom. The zero-order chi connectivity index (χ0) is 21.1. The minimum Gasteiger partial charge on any atom is -0.391 e. The smallest absolute Gasteiger partial charge is 0.228 e. The van der Waals surface area contributed by atoms with Crippen LogP contribution >= 0.6 is 0 Å². The molecule has 1 spiro atoms. The highest BCUT2D eigenvalue weighted by atomic mass is 16.3. The summed E-state index contributed by atoms with van der Waals surface area (Å²) in [6.45, 7) is 1.54. The molecule has 1 unspecified atom stereocenters. The van der Waals surface area contributed by atoms with Crippen LogP contribution in [0.1, 0.15) is 42.7 Å². The van der Waals surface area contributed by atoms with Crippen molar-refractivity contribution in [1.82, 2.24) is 9.80 Å². The van der Waals surface area contributed by atoms with Gasteiger partial charge in [0.05, 0.1) is 11.5 Å². The lowest BCUT2D eigenvalue weighted by atomic mass is 9.71. The van der Waals surface area contributed by atoms with Crippen molar-refractivity contribution in [2.24, 2.45) is 5.41 Å². The number of hydrogen-bond acceptors (Lipinski definition) is 3. The number of aliphatic hydroxyl groups is 1. The number of carbonyl (C=O) groups is 2. The van der Waals surface area contributed by atoms with Gasteiger partial charge in [-0.15, -0.1) is 0 Å². The molecule has 0 aliphatic carbocycles. The van der Waals surface area contributed by atoms with E-state index in [0.29, 0.717) is 45.3 Å². The fourth-order valence-electron chi connectivity index (χ4n) is 5.11. The van der Waals surface area contributed by atoms with Gasteiger partial charge >= 0.3 is 0 Å². The van der Waals surface area contributed by atoms with E-state index in [1.165, 1.54) is 0 Å². The first-order valence-electron chi connectivity index (χ1n) is 10.8. The Hall–Kier alpha value is -2.66. The predicted molar refractivity (Wildman–Crippen MR) is 116 cm³/mol. The second kappa shape index (κ2) is 8.60. The molecule has 2 heterocycles. The van der Waals surface area contributed by atoms with Crippen LogP contribution in [0.3, 0.4) is 0 Å². The summed E-state index contributed by atoms with van der Waals surface area (Å²) in [5, 5.41) is 10.2. The van der Waals surface area contributed by atoms with Crippen molar-refractivity contribution in [2.45, 2.75) is 37.7 Å². The van der Waals surface area contributed by atoms with E-state index < -0.39 is 11.5 Å². The summed E-state index contributed by atoms with van der Waals surface area (Å²) in [7, 11) is 1.76. The van der Waals surface area contributed by atoms with E-state index in [9.17, 15) is 14.7 Å². The summed E-state index contributed by atoms with van der Waals surface area (Å²) >= 11 is 0. The van der Waals surface area contributed by atoms with Crippen LogP contribution in [0.15, 0.2) is 60.7 Å². The van der Waals surface area contributed by atoms with Gasteiger partial charge in [-0.25, -0.2) is 0 Å². The van der Waals surface area contributed by atoms with Crippen molar-refractivity contribution in [3.63, 3.8) is 0 Å². The second-order valence-electron chi connectivity index (χ2n) is 8.78. The van der Waals surface area contributed by atoms with E-state index in [4.69, 9.17) is 0 Å². The van der Waals surface area contributed by atoms with E-state index in [2.05, 4.69) is 24.3 Å². The largest absolute Gasteiger partial charge is 0.391 e. The maximum atomic E-state index is 13.2. The molecule has 0 aromatic heterocycles. The molecule has 30 heavy (non-hydrogen) atoms. The molecule has 1 N–H and O–H groups in total. The molecule has 5 heteroatoms. The normalized spacial score (nSPS) is 21.3. The highest BCUT2D eigenvalue weighted by Gasteiger charge is 2.48. The maximum absolute atomic E-state index is 13.2. The Morgan fingerprint density at radius 2 is 1.57 bits per heavy atom. The first-order valence-corrected chi connectivity index (χ1v) is 10.8. The molecule has 4 rings (SSSR count). The molecule has 2 amide bonds. The lowest BCUT2D eigenvalue weighted by Crippen LogP contribution is -2.56. The average Bonchev–Trinajstić information content (AvgIpc) is 2.77. The number of amides is 2. The molecule has 2 aromatic rings. The van der Waals surface area contributed by atoms with Gasteiger partial charge in [0, 0.05) is 39.0 Å². The summed E-state index contributed by atoms with van der Waals surface area (Å²) in [5.41, 5.74) is 1.76. The van der Waals surface area contributed by atoms with Gasteiger partial charge < -0.3 is 14.9 Å². The second-order valence-corrected chi connectivity index (χ2v) is 8.78. The minimum absolute atomic E-state index is 0.0139. The number of nitrogens with zero attached hydrogens (tertiary/aromatic N) is 2. The Labute approximate surface area is 178 Å². The van der Waals surface area contributed by atoms with Crippen molar-refractivity contribution in [1.29, 1.82) is 0 Å². The maximum Gasteiger partial charge on any atom is 0.228 e. The highest BCUT2D eigenvalue weighted by Crippen LogP contribution is 2.41. The molecular weight excluding hydrogens is 376 g/mol. The highest BCUT2D eigenvalue weighted by molar-refractivity contribution is 5.84. The SMILES string of the molecule is CN1CC(O)CC2(CCN(C(=O)CC(c3ccccc3)c3ccccc3)CC2)C1=O. The van der Waals surface area contributed by atoms with Gasteiger partial charge in [0.15, 0.2) is 0 Å². The molecule has 2 aliphatic rings. The summed E-state index contributed by atoms with van der Waals surface area (Å²) in [6.07, 6.45) is 1.70. The Bertz CT molecular complexity index is 836. The topological polar surface area (TPSA) is 60.9 Å². The lowest BCUT2D eigenvalue weighted by Gasteiger charge is -2.47. The number of likely N-dealkylation sites (N-methyl/N-ethyl adjacent to an activating group) is 1. The first-order chi connectivity index (χ1) is 14.5. The third-order valence-corrected chi connectivity index (χ3v) is 6.77. The number of β-amino-alcohol motifs (C(OH)–C–C–N with tert-alkyl or cyclic N) is 1. The third kappa shape index (κ3) is 4.12. The number of piperidine rings is 2. The average molecular weight is 407 g/mol. The summed E-state index contributed by atoms with van der Waals surface area (Å²) in [4.78, 5) is 29.5. The van der Waals surface area contributed by atoms with Gasteiger partial charge in [0.2, 0.25) is 11.8 Å². The predicted octanol–water partition coefficient (Wildman–Crippen LogP) is 3.04. The molecule has 2 fully saturated rings. The number of benzene rings is 2. The van der Waals surface area contributed by atoms with Crippen molar-refractivity contribution in [3.8, 4) is 0 Å². The van der Waals surface area contributed by atoms with Crippen molar-refractivity contribution in [3.05, 3.63) is 71.8 Å². The Morgan fingerprint density at radius 1 is 1.03 bits per heavy atom. The number of rotatable bonds is 4. The molecule has 5 nitrogen and oxygen atoms in total. The standard InChI is InChI=1S/C25H30N2O3/c1-26-18-21(28)17-25(24(26)30)12-14-27(15-13-25)23(29)16-22(19-8-4-2-5-9-19)20-10-6-3-7-11-20/h2-11,21-22,28H,12-18H2,1H3. The molecule has 2 aliphatic heterocycles. The van der Waals surface area contributed by atoms with Crippen molar-refractivity contribution in [2.75, 3.05) is 26.7 Å². The zero-order valence-corrected chi connectivity index (χ0v) is 17.5. The third-order valence-electron chi connectivity index (χ3n) is 6.77. The Balaban J connectivity index is 1.46. The number of carbonyl (C=O) groups excluding carboxylic acids is 2. The molecule has 2 saturated heterocycles. The number of aliphatic hydroxyl groups excluding tert-OH is 1. The van der Waals surface area contributed by atoms with Gasteiger partial charge in [-0.05, 0) is 30.4 Å². The van der Waals surface area contributed by atoms with Crippen LogP contribution < -0.4 is 0 Å². The molecule has 2 aromatic carbocycles. The molecular formula is C25H30N2O3. The van der Waals surface area contributed by atoms with E-state index in [0.717, 1.165) is 11.1 Å². The van der Waals surface area contributed by atoms with Crippen molar-refractivity contribution < 1.29 is 14.7 Å². The Kier molecular flexibility index (Phi) is 5.91. The lowest BCUT2D eigenvalue weighted by molar-refractivity contribution is -0.156. The minimum atomic E-state index is -0.512. The van der Waals surface area contributed by atoms with Crippen LogP contribution in [0, 0.1) is 5.41 Å². The van der Waals surface area contributed by atoms with E-state index >= 15 is 0 Å². The van der Waals surface area contributed by atoms with E-state index in [1.807, 2.05) is 41.3 Å². The number of likely N-dealkylation sites (tertiary alicyclic amines) is 2. The van der Waals surface area contributed by atoms with Crippen LogP contribution in [0.4, 0.5) is 0 Å².